The number of fused-ring (bicyclic) bond motifs is 1. The number of piperidine rings is 1. The summed E-state index contributed by atoms with van der Waals surface area (Å²) in [6.07, 6.45) is 11.8. The van der Waals surface area contributed by atoms with Crippen molar-refractivity contribution in [2.75, 3.05) is 13.1 Å². The zero-order chi connectivity index (χ0) is 21.4. The van der Waals surface area contributed by atoms with Crippen LogP contribution in [-0.4, -0.2) is 54.6 Å². The molecule has 1 aliphatic carbocycles. The number of carbonyl (C=O) groups is 1. The number of likely N-dealkylation sites (tertiary alicyclic amines) is 1. The van der Waals surface area contributed by atoms with Gasteiger partial charge in [0.1, 0.15) is 11.5 Å². The van der Waals surface area contributed by atoms with Gasteiger partial charge in [0.05, 0.1) is 17.3 Å². The van der Waals surface area contributed by atoms with Gasteiger partial charge in [0.15, 0.2) is 0 Å². The molecule has 1 saturated heterocycles. The molecule has 0 radical (unpaired) electrons. The lowest BCUT2D eigenvalue weighted by molar-refractivity contribution is 0.0591. The van der Waals surface area contributed by atoms with E-state index in [2.05, 4.69) is 15.0 Å². The van der Waals surface area contributed by atoms with E-state index >= 15 is 0 Å². The van der Waals surface area contributed by atoms with E-state index in [0.29, 0.717) is 30.6 Å². The Bertz CT molecular complexity index is 1010. The highest BCUT2D eigenvalue weighted by molar-refractivity contribution is 5.92. The molecule has 1 amide bonds. The molecule has 1 atom stereocenters. The SMILES string of the molecule is Cn1ccc(C(=O)N2CCCC[C@@H]2c2nc3c(c(=O)[nH]2)CN(C2CCCCC2)CC3)n1. The Balaban J connectivity index is 1.39. The molecule has 0 bridgehead atoms. The first kappa shape index (κ1) is 20.4. The zero-order valence-corrected chi connectivity index (χ0v) is 18.3. The van der Waals surface area contributed by atoms with E-state index in [0.717, 1.165) is 43.5 Å². The van der Waals surface area contributed by atoms with Crippen LogP contribution in [0.15, 0.2) is 17.1 Å². The smallest absolute Gasteiger partial charge is 0.274 e. The summed E-state index contributed by atoms with van der Waals surface area (Å²) in [5.41, 5.74) is 2.15. The van der Waals surface area contributed by atoms with Crippen molar-refractivity contribution in [2.24, 2.45) is 7.05 Å². The van der Waals surface area contributed by atoms with Gasteiger partial charge < -0.3 is 9.88 Å². The van der Waals surface area contributed by atoms with Gasteiger partial charge in [-0.1, -0.05) is 19.3 Å². The van der Waals surface area contributed by atoms with Crippen molar-refractivity contribution in [1.82, 2.24) is 29.5 Å². The first-order chi connectivity index (χ1) is 15.1. The maximum Gasteiger partial charge on any atom is 0.274 e. The summed E-state index contributed by atoms with van der Waals surface area (Å²) in [6, 6.07) is 2.15. The van der Waals surface area contributed by atoms with Gasteiger partial charge >= 0.3 is 0 Å². The maximum atomic E-state index is 13.1. The van der Waals surface area contributed by atoms with Crippen LogP contribution in [0, 0.1) is 0 Å². The van der Waals surface area contributed by atoms with Crippen LogP contribution in [0.25, 0.3) is 0 Å². The van der Waals surface area contributed by atoms with Crippen LogP contribution in [0.3, 0.4) is 0 Å². The molecule has 0 unspecified atom stereocenters. The monoisotopic (exact) mass is 424 g/mol. The average molecular weight is 425 g/mol. The van der Waals surface area contributed by atoms with Crippen LogP contribution in [-0.2, 0) is 20.0 Å². The number of hydrogen-bond acceptors (Lipinski definition) is 5. The third-order valence-electron chi connectivity index (χ3n) is 7.22. The van der Waals surface area contributed by atoms with Crippen LogP contribution in [0.2, 0.25) is 0 Å². The van der Waals surface area contributed by atoms with Crippen LogP contribution >= 0.6 is 0 Å². The van der Waals surface area contributed by atoms with Gasteiger partial charge in [-0.05, 0) is 38.2 Å². The Hall–Kier alpha value is -2.48. The van der Waals surface area contributed by atoms with E-state index in [9.17, 15) is 9.59 Å². The minimum Gasteiger partial charge on any atom is -0.327 e. The second kappa shape index (κ2) is 8.57. The number of carbonyl (C=O) groups excluding carboxylic acids is 1. The maximum absolute atomic E-state index is 13.1. The minimum atomic E-state index is -0.197. The van der Waals surface area contributed by atoms with Crippen molar-refractivity contribution in [3.8, 4) is 0 Å². The Morgan fingerprint density at radius 1 is 1.10 bits per heavy atom. The molecule has 166 valence electrons. The van der Waals surface area contributed by atoms with Gasteiger partial charge in [-0.25, -0.2) is 4.98 Å². The van der Waals surface area contributed by atoms with E-state index in [1.54, 1.807) is 16.9 Å². The molecule has 31 heavy (non-hydrogen) atoms. The van der Waals surface area contributed by atoms with Gasteiger partial charge in [0.2, 0.25) is 0 Å². The second-order valence-corrected chi connectivity index (χ2v) is 9.27. The summed E-state index contributed by atoms with van der Waals surface area (Å²) in [6.45, 7) is 2.33. The van der Waals surface area contributed by atoms with Crippen molar-refractivity contribution in [3.63, 3.8) is 0 Å². The van der Waals surface area contributed by atoms with Gasteiger partial charge in [-0.3, -0.25) is 19.2 Å². The minimum absolute atomic E-state index is 0.0312. The van der Waals surface area contributed by atoms with Gasteiger partial charge in [-0.2, -0.15) is 5.10 Å². The van der Waals surface area contributed by atoms with Gasteiger partial charge in [0.25, 0.3) is 11.5 Å². The van der Waals surface area contributed by atoms with Crippen LogP contribution in [0.4, 0.5) is 0 Å². The lowest BCUT2D eigenvalue weighted by Gasteiger charge is -2.38. The van der Waals surface area contributed by atoms with Crippen LogP contribution in [0.5, 0.6) is 0 Å². The Kier molecular flexibility index (Phi) is 5.65. The highest BCUT2D eigenvalue weighted by Gasteiger charge is 2.33. The molecule has 4 heterocycles. The molecule has 2 fully saturated rings. The third kappa shape index (κ3) is 4.05. The number of aryl methyl sites for hydroxylation is 1. The summed E-state index contributed by atoms with van der Waals surface area (Å²) in [5, 5.41) is 4.28. The molecule has 0 spiro atoms. The number of H-pyrrole nitrogens is 1. The van der Waals surface area contributed by atoms with Crippen LogP contribution < -0.4 is 5.56 Å². The third-order valence-corrected chi connectivity index (χ3v) is 7.22. The molecule has 1 saturated carbocycles. The molecule has 3 aliphatic rings. The first-order valence-electron chi connectivity index (χ1n) is 11.8. The number of nitrogens with zero attached hydrogens (tertiary/aromatic N) is 5. The largest absolute Gasteiger partial charge is 0.327 e. The molecule has 2 aromatic heterocycles. The average Bonchev–Trinajstić information content (AvgIpc) is 3.25. The Morgan fingerprint density at radius 2 is 1.90 bits per heavy atom. The van der Waals surface area contributed by atoms with Crippen molar-refractivity contribution in [3.05, 3.63) is 45.4 Å². The fourth-order valence-corrected chi connectivity index (χ4v) is 5.52. The molecule has 0 aromatic carbocycles. The van der Waals surface area contributed by atoms with E-state index in [1.807, 2.05) is 11.9 Å². The quantitative estimate of drug-likeness (QED) is 0.818. The summed E-state index contributed by atoms with van der Waals surface area (Å²) >= 11 is 0. The summed E-state index contributed by atoms with van der Waals surface area (Å²) < 4.78 is 1.64. The molecule has 1 N–H and O–H groups in total. The van der Waals surface area contributed by atoms with E-state index < -0.39 is 0 Å². The van der Waals surface area contributed by atoms with Crippen molar-refractivity contribution < 1.29 is 4.79 Å². The summed E-state index contributed by atoms with van der Waals surface area (Å²) in [7, 11) is 1.81. The number of hydrogen-bond donors (Lipinski definition) is 1. The molecule has 8 nitrogen and oxygen atoms in total. The van der Waals surface area contributed by atoms with Crippen molar-refractivity contribution >= 4 is 5.91 Å². The standard InChI is InChI=1S/C23H32N6O2/c1-27-13-10-19(26-27)23(31)29-12-6-5-9-20(29)21-24-18-11-14-28(15-17(18)22(30)25-21)16-7-3-2-4-8-16/h10,13,16,20H,2-9,11-12,14-15H2,1H3,(H,24,25,30)/t20-/m1/s1. The molecular weight excluding hydrogens is 392 g/mol. The van der Waals surface area contributed by atoms with Crippen molar-refractivity contribution in [1.29, 1.82) is 0 Å². The normalized spacial score (nSPS) is 23.0. The number of aromatic amines is 1. The Morgan fingerprint density at radius 3 is 2.68 bits per heavy atom. The lowest BCUT2D eigenvalue weighted by Crippen LogP contribution is -2.44. The summed E-state index contributed by atoms with van der Waals surface area (Å²) in [5.74, 6) is 0.549. The molecule has 8 heteroatoms. The lowest BCUT2D eigenvalue weighted by atomic mass is 9.92. The fourth-order valence-electron chi connectivity index (χ4n) is 5.52. The predicted molar refractivity (Wildman–Crippen MR) is 117 cm³/mol. The number of nitrogens with one attached hydrogen (secondary N) is 1. The fraction of sp³-hybridized carbons (Fsp3) is 0.652. The van der Waals surface area contributed by atoms with Gasteiger partial charge in [0, 0.05) is 45.3 Å². The molecule has 2 aromatic rings. The van der Waals surface area contributed by atoms with E-state index in [4.69, 9.17) is 4.98 Å². The van der Waals surface area contributed by atoms with E-state index in [1.165, 1.54) is 32.1 Å². The number of amides is 1. The topological polar surface area (TPSA) is 87.1 Å². The second-order valence-electron chi connectivity index (χ2n) is 9.27. The Labute approximate surface area is 182 Å². The number of rotatable bonds is 3. The summed E-state index contributed by atoms with van der Waals surface area (Å²) in [4.78, 5) is 38.5. The zero-order valence-electron chi connectivity index (χ0n) is 18.3. The molecule has 2 aliphatic heterocycles. The van der Waals surface area contributed by atoms with Crippen LogP contribution in [0.1, 0.15) is 85.0 Å². The molecule has 5 rings (SSSR count). The molecular formula is C23H32N6O2. The highest BCUT2D eigenvalue weighted by Crippen LogP contribution is 2.31. The number of aromatic nitrogens is 4. The predicted octanol–water partition coefficient (Wildman–Crippen LogP) is 2.56. The van der Waals surface area contributed by atoms with Crippen molar-refractivity contribution in [2.45, 2.75) is 76.4 Å². The first-order valence-corrected chi connectivity index (χ1v) is 11.8. The highest BCUT2D eigenvalue weighted by atomic mass is 16.2. The van der Waals surface area contributed by atoms with Gasteiger partial charge in [-0.15, -0.1) is 0 Å². The van der Waals surface area contributed by atoms with E-state index in [-0.39, 0.29) is 17.5 Å².